The molecule has 3 nitrogen and oxygen atoms in total. The molecule has 0 N–H and O–H groups in total. The van der Waals surface area contributed by atoms with Crippen molar-refractivity contribution in [2.45, 2.75) is 45.4 Å². The Morgan fingerprint density at radius 1 is 0.917 bits per heavy atom. The molecule has 0 amide bonds. The molecule has 24 heavy (non-hydrogen) atoms. The van der Waals surface area contributed by atoms with Crippen LogP contribution in [-0.4, -0.2) is 19.0 Å². The number of nitrogens with zero attached hydrogens (tertiary/aromatic N) is 1. The lowest BCUT2D eigenvalue weighted by atomic mass is 9.57. The smallest absolute Gasteiger partial charge is 0.196 e. The van der Waals surface area contributed by atoms with Gasteiger partial charge in [-0.15, -0.1) is 0 Å². The fraction of sp³-hybridized carbons (Fsp3) is 0.476. The fourth-order valence-electron chi connectivity index (χ4n) is 4.99. The van der Waals surface area contributed by atoms with Gasteiger partial charge < -0.3 is 9.47 Å². The summed E-state index contributed by atoms with van der Waals surface area (Å²) in [5, 5.41) is 0. The van der Waals surface area contributed by atoms with E-state index in [1.807, 2.05) is 0 Å². The summed E-state index contributed by atoms with van der Waals surface area (Å²) in [5.41, 5.74) is 3.83. The number of aromatic nitrogens is 1. The van der Waals surface area contributed by atoms with Gasteiger partial charge in [0.2, 0.25) is 0 Å². The first-order chi connectivity index (χ1) is 11.6. The van der Waals surface area contributed by atoms with Gasteiger partial charge in [0.15, 0.2) is 23.7 Å². The van der Waals surface area contributed by atoms with Gasteiger partial charge in [0.25, 0.3) is 0 Å². The summed E-state index contributed by atoms with van der Waals surface area (Å²) >= 11 is 0. The zero-order valence-electron chi connectivity index (χ0n) is 15.0. The quantitative estimate of drug-likeness (QED) is 0.630. The molecule has 0 saturated heterocycles. The third-order valence-corrected chi connectivity index (χ3v) is 5.78. The van der Waals surface area contributed by atoms with Gasteiger partial charge in [-0.25, -0.2) is 0 Å². The first-order valence-corrected chi connectivity index (χ1v) is 8.95. The molecule has 126 valence electrons. The van der Waals surface area contributed by atoms with Crippen molar-refractivity contribution in [1.82, 2.24) is 0 Å². The van der Waals surface area contributed by atoms with Gasteiger partial charge in [-0.05, 0) is 33.3 Å². The summed E-state index contributed by atoms with van der Waals surface area (Å²) in [6.45, 7) is 9.97. The molecule has 2 unspecified atom stereocenters. The Balaban J connectivity index is 2.07. The second kappa shape index (κ2) is 5.40. The normalized spacial score (nSPS) is 25.2. The second-order valence-corrected chi connectivity index (χ2v) is 7.25. The van der Waals surface area contributed by atoms with E-state index in [1.54, 1.807) is 0 Å². The van der Waals surface area contributed by atoms with E-state index in [1.165, 1.54) is 16.8 Å². The number of ether oxygens (including phenoxy) is 2. The zero-order valence-corrected chi connectivity index (χ0v) is 15.0. The van der Waals surface area contributed by atoms with Crippen LogP contribution in [0.15, 0.2) is 48.7 Å². The van der Waals surface area contributed by atoms with Crippen molar-refractivity contribution in [2.24, 2.45) is 5.41 Å². The second-order valence-electron chi connectivity index (χ2n) is 7.25. The zero-order chi connectivity index (χ0) is 16.9. The molecule has 3 heteroatoms. The molecule has 1 aliphatic carbocycles. The Labute approximate surface area is 144 Å². The molecular weight excluding hydrogens is 298 g/mol. The van der Waals surface area contributed by atoms with Gasteiger partial charge in [0, 0.05) is 30.9 Å². The van der Waals surface area contributed by atoms with E-state index in [2.05, 4.69) is 80.9 Å². The lowest BCUT2D eigenvalue weighted by molar-refractivity contribution is -0.755. The highest BCUT2D eigenvalue weighted by molar-refractivity contribution is 5.45. The van der Waals surface area contributed by atoms with E-state index in [4.69, 9.17) is 9.47 Å². The maximum atomic E-state index is 6.44. The number of hydrogen-bond donors (Lipinski definition) is 0. The number of fused-ring (bicyclic) bond motifs is 1. The molecular formula is C21H26NO2+. The Morgan fingerprint density at radius 3 is 2.21 bits per heavy atom. The number of pyridine rings is 1. The highest BCUT2D eigenvalue weighted by Crippen LogP contribution is 2.61. The molecule has 0 spiro atoms. The van der Waals surface area contributed by atoms with Crippen molar-refractivity contribution in [3.8, 4) is 0 Å². The molecule has 5 rings (SSSR count). The van der Waals surface area contributed by atoms with Gasteiger partial charge in [0.05, 0.1) is 5.41 Å². The summed E-state index contributed by atoms with van der Waals surface area (Å²) < 4.78 is 15.3. The Morgan fingerprint density at radius 2 is 1.54 bits per heavy atom. The van der Waals surface area contributed by atoms with E-state index in [9.17, 15) is 0 Å². The third-order valence-electron chi connectivity index (χ3n) is 5.78. The lowest BCUT2D eigenvalue weighted by Crippen LogP contribution is -2.71. The van der Waals surface area contributed by atoms with Crippen molar-refractivity contribution in [1.29, 1.82) is 0 Å². The first-order valence-electron chi connectivity index (χ1n) is 8.95. The van der Waals surface area contributed by atoms with Gasteiger partial charge >= 0.3 is 0 Å². The van der Waals surface area contributed by atoms with Gasteiger partial charge in [-0.2, -0.15) is 4.57 Å². The lowest BCUT2D eigenvalue weighted by Gasteiger charge is -2.57. The highest BCUT2D eigenvalue weighted by atomic mass is 16.7. The maximum absolute atomic E-state index is 6.44. The van der Waals surface area contributed by atoms with Gasteiger partial charge in [0.1, 0.15) is 5.92 Å². The molecule has 3 heterocycles. The average Bonchev–Trinajstić information content (AvgIpc) is 2.58. The van der Waals surface area contributed by atoms with Crippen molar-refractivity contribution < 1.29 is 14.0 Å². The predicted molar refractivity (Wildman–Crippen MR) is 92.8 cm³/mol. The minimum absolute atomic E-state index is 0.0785. The van der Waals surface area contributed by atoms with Gasteiger partial charge in [-0.1, -0.05) is 30.3 Å². The number of benzene rings is 1. The van der Waals surface area contributed by atoms with Crippen LogP contribution in [0.25, 0.3) is 0 Å². The molecule has 2 atom stereocenters. The molecule has 0 radical (unpaired) electrons. The number of rotatable bonds is 4. The topological polar surface area (TPSA) is 22.3 Å². The van der Waals surface area contributed by atoms with Gasteiger partial charge in [-0.3, -0.25) is 0 Å². The number of hydrogen-bond acceptors (Lipinski definition) is 2. The average molecular weight is 324 g/mol. The largest absolute Gasteiger partial charge is 0.348 e. The molecule has 1 aromatic heterocycles. The van der Waals surface area contributed by atoms with Crippen molar-refractivity contribution >= 4 is 0 Å². The summed E-state index contributed by atoms with van der Waals surface area (Å²) in [6.07, 6.45) is 2.20. The first kappa shape index (κ1) is 15.8. The summed E-state index contributed by atoms with van der Waals surface area (Å²) in [5.74, 6) is -0.563. The van der Waals surface area contributed by atoms with Crippen LogP contribution in [0.1, 0.15) is 56.5 Å². The fourth-order valence-corrected chi connectivity index (χ4v) is 4.99. The highest BCUT2D eigenvalue weighted by Gasteiger charge is 2.70. The minimum Gasteiger partial charge on any atom is -0.348 e. The Bertz CT molecular complexity index is 714. The van der Waals surface area contributed by atoms with Crippen LogP contribution < -0.4 is 4.57 Å². The van der Waals surface area contributed by atoms with Crippen LogP contribution in [0, 0.1) is 5.41 Å². The third kappa shape index (κ3) is 1.77. The van der Waals surface area contributed by atoms with Crippen LogP contribution in [0.3, 0.4) is 0 Å². The molecule has 2 bridgehead atoms. The van der Waals surface area contributed by atoms with E-state index >= 15 is 0 Å². The van der Waals surface area contributed by atoms with E-state index in [0.717, 1.165) is 0 Å². The van der Waals surface area contributed by atoms with Crippen molar-refractivity contribution in [2.75, 3.05) is 13.2 Å². The molecule has 1 aromatic carbocycles. The monoisotopic (exact) mass is 324 g/mol. The van der Waals surface area contributed by atoms with Crippen LogP contribution >= 0.6 is 0 Å². The minimum atomic E-state index is -0.642. The van der Waals surface area contributed by atoms with Crippen LogP contribution in [0.2, 0.25) is 0 Å². The van der Waals surface area contributed by atoms with Crippen LogP contribution in [0.4, 0.5) is 0 Å². The Hall–Kier alpha value is -1.71. The maximum Gasteiger partial charge on any atom is 0.196 e. The van der Waals surface area contributed by atoms with Crippen molar-refractivity contribution in [3.05, 3.63) is 65.5 Å². The molecule has 0 fully saturated rings. The van der Waals surface area contributed by atoms with Crippen molar-refractivity contribution in [3.63, 3.8) is 0 Å². The van der Waals surface area contributed by atoms with Crippen LogP contribution in [-0.2, 0) is 9.47 Å². The standard InChI is InChI=1S/C21H26NO2/c1-5-23-21(24-6-2)18-15-11-7-8-12-16(15)19(20(21,3)4)22-14-10-9-13-17(18)22/h7-14,18-19H,5-6H2,1-4H3/q+1. The molecule has 3 aliphatic rings. The summed E-state index contributed by atoms with van der Waals surface area (Å²) in [6, 6.07) is 15.4. The van der Waals surface area contributed by atoms with Crippen LogP contribution in [0.5, 0.6) is 0 Å². The molecule has 2 aliphatic heterocycles. The molecule has 0 saturated carbocycles. The predicted octanol–water partition coefficient (Wildman–Crippen LogP) is 3.82. The summed E-state index contributed by atoms with van der Waals surface area (Å²) in [4.78, 5) is 0. The SMILES string of the molecule is CCOC1(OCC)C2c3ccccc3C([n+]3ccccc32)C1(C)C. The molecule has 2 aromatic rings. The van der Waals surface area contributed by atoms with E-state index < -0.39 is 5.79 Å². The van der Waals surface area contributed by atoms with E-state index in [-0.39, 0.29) is 17.4 Å². The Kier molecular flexibility index (Phi) is 3.55. The summed E-state index contributed by atoms with van der Waals surface area (Å²) in [7, 11) is 0. The van der Waals surface area contributed by atoms with E-state index in [0.29, 0.717) is 13.2 Å².